The summed E-state index contributed by atoms with van der Waals surface area (Å²) in [5.74, 6) is -0.392. The van der Waals surface area contributed by atoms with E-state index < -0.39 is 18.1 Å². The molecule has 1 atom stereocenters. The van der Waals surface area contributed by atoms with Crippen molar-refractivity contribution in [1.29, 1.82) is 0 Å². The van der Waals surface area contributed by atoms with Gasteiger partial charge in [0.25, 0.3) is 0 Å². The molecule has 0 aliphatic heterocycles. The maximum atomic E-state index is 12.4. The van der Waals surface area contributed by atoms with Crippen LogP contribution in [0.25, 0.3) is 11.1 Å². The molecule has 0 aromatic heterocycles. The SMILES string of the molecule is CCNC(=NCCCCC(NC(=O)OCC1c2ccccc2-c2ccccc21)C(=O)O)NCC. The number of alkyl carbamates (subject to hydrolysis) is 1. The van der Waals surface area contributed by atoms with Gasteiger partial charge in [-0.1, -0.05) is 48.5 Å². The van der Waals surface area contributed by atoms with Gasteiger partial charge in [-0.2, -0.15) is 0 Å². The highest BCUT2D eigenvalue weighted by Gasteiger charge is 2.29. The maximum Gasteiger partial charge on any atom is 0.407 e. The van der Waals surface area contributed by atoms with Crippen molar-refractivity contribution in [2.45, 2.75) is 45.1 Å². The van der Waals surface area contributed by atoms with Crippen LogP contribution in [0.1, 0.15) is 50.2 Å². The molecule has 0 spiro atoms. The molecule has 1 amide bonds. The van der Waals surface area contributed by atoms with Crippen molar-refractivity contribution < 1.29 is 19.4 Å². The molecule has 34 heavy (non-hydrogen) atoms. The van der Waals surface area contributed by atoms with Crippen molar-refractivity contribution in [3.8, 4) is 11.1 Å². The number of hydrogen-bond acceptors (Lipinski definition) is 4. The van der Waals surface area contributed by atoms with Crippen LogP contribution in [-0.4, -0.2) is 55.4 Å². The number of carbonyl (C=O) groups excluding carboxylic acids is 1. The summed E-state index contributed by atoms with van der Waals surface area (Å²) in [5.41, 5.74) is 4.51. The number of nitrogens with one attached hydrogen (secondary N) is 3. The molecule has 0 radical (unpaired) electrons. The van der Waals surface area contributed by atoms with Gasteiger partial charge in [0.05, 0.1) is 0 Å². The molecule has 1 aliphatic carbocycles. The molecule has 3 rings (SSSR count). The third-order valence-corrected chi connectivity index (χ3v) is 5.79. The Labute approximate surface area is 200 Å². The molecule has 8 nitrogen and oxygen atoms in total. The van der Waals surface area contributed by atoms with Crippen molar-refractivity contribution >= 4 is 18.0 Å². The Morgan fingerprint density at radius 3 is 2.12 bits per heavy atom. The molecule has 4 N–H and O–H groups in total. The Balaban J connectivity index is 1.49. The molecule has 8 heteroatoms. The highest BCUT2D eigenvalue weighted by Crippen LogP contribution is 2.44. The Morgan fingerprint density at radius 1 is 0.971 bits per heavy atom. The second-order valence-electron chi connectivity index (χ2n) is 8.15. The molecule has 0 bridgehead atoms. The van der Waals surface area contributed by atoms with E-state index in [4.69, 9.17) is 4.74 Å². The number of guanidine groups is 1. The average Bonchev–Trinajstić information content (AvgIpc) is 3.15. The van der Waals surface area contributed by atoms with Gasteiger partial charge in [-0.15, -0.1) is 0 Å². The molecule has 1 unspecified atom stereocenters. The maximum absolute atomic E-state index is 12.4. The van der Waals surface area contributed by atoms with Crippen LogP contribution in [0.5, 0.6) is 0 Å². The second-order valence-corrected chi connectivity index (χ2v) is 8.15. The van der Waals surface area contributed by atoms with E-state index >= 15 is 0 Å². The fourth-order valence-electron chi connectivity index (χ4n) is 4.20. The van der Waals surface area contributed by atoms with Crippen LogP contribution in [0.4, 0.5) is 4.79 Å². The Morgan fingerprint density at radius 2 is 1.56 bits per heavy atom. The van der Waals surface area contributed by atoms with Gasteiger partial charge < -0.3 is 25.8 Å². The number of ether oxygens (including phenoxy) is 1. The van der Waals surface area contributed by atoms with Crippen molar-refractivity contribution in [3.05, 3.63) is 59.7 Å². The van der Waals surface area contributed by atoms with Crippen LogP contribution in [0.3, 0.4) is 0 Å². The fraction of sp³-hybridized carbons (Fsp3) is 0.423. The van der Waals surface area contributed by atoms with E-state index in [0.717, 1.165) is 47.7 Å². The molecule has 2 aromatic carbocycles. The van der Waals surface area contributed by atoms with E-state index in [2.05, 4.69) is 33.1 Å². The van der Waals surface area contributed by atoms with Gasteiger partial charge in [-0.25, -0.2) is 9.59 Å². The molecule has 0 saturated carbocycles. The van der Waals surface area contributed by atoms with Gasteiger partial charge in [-0.05, 0) is 55.4 Å². The monoisotopic (exact) mass is 466 g/mol. The van der Waals surface area contributed by atoms with Crippen LogP contribution in [0, 0.1) is 0 Å². The van der Waals surface area contributed by atoms with Gasteiger partial charge in [0.2, 0.25) is 0 Å². The number of benzene rings is 2. The van der Waals surface area contributed by atoms with Gasteiger partial charge >= 0.3 is 12.1 Å². The van der Waals surface area contributed by atoms with E-state index in [1.54, 1.807) is 0 Å². The predicted molar refractivity (Wildman–Crippen MR) is 133 cm³/mol. The van der Waals surface area contributed by atoms with E-state index in [0.29, 0.717) is 19.4 Å². The first-order chi connectivity index (χ1) is 16.5. The molecular weight excluding hydrogens is 432 g/mol. The zero-order valence-electron chi connectivity index (χ0n) is 19.8. The van der Waals surface area contributed by atoms with Gasteiger partial charge in [0, 0.05) is 25.6 Å². The quantitative estimate of drug-likeness (QED) is 0.228. The minimum absolute atomic E-state index is 0.0676. The first-order valence-corrected chi connectivity index (χ1v) is 11.9. The summed E-state index contributed by atoms with van der Waals surface area (Å²) in [6.45, 7) is 6.28. The largest absolute Gasteiger partial charge is 0.480 e. The van der Waals surface area contributed by atoms with Crippen LogP contribution >= 0.6 is 0 Å². The van der Waals surface area contributed by atoms with Gasteiger partial charge in [0.15, 0.2) is 5.96 Å². The minimum Gasteiger partial charge on any atom is -0.480 e. The molecular formula is C26H34N4O4. The number of aliphatic carboxylic acids is 1. The summed E-state index contributed by atoms with van der Waals surface area (Å²) < 4.78 is 5.48. The van der Waals surface area contributed by atoms with Crippen molar-refractivity contribution in [2.75, 3.05) is 26.2 Å². The summed E-state index contributed by atoms with van der Waals surface area (Å²) >= 11 is 0. The third-order valence-electron chi connectivity index (χ3n) is 5.79. The number of fused-ring (bicyclic) bond motifs is 3. The van der Waals surface area contributed by atoms with Crippen LogP contribution < -0.4 is 16.0 Å². The first kappa shape index (κ1) is 25.1. The number of rotatable bonds is 11. The normalized spacial score (nSPS) is 12.8. The summed E-state index contributed by atoms with van der Waals surface area (Å²) in [7, 11) is 0. The number of carboxylic acids is 1. The van der Waals surface area contributed by atoms with Gasteiger partial charge in [-0.3, -0.25) is 4.99 Å². The van der Waals surface area contributed by atoms with E-state index in [-0.39, 0.29) is 12.5 Å². The number of hydrogen-bond donors (Lipinski definition) is 4. The highest BCUT2D eigenvalue weighted by atomic mass is 16.5. The minimum atomic E-state index is -1.07. The summed E-state index contributed by atoms with van der Waals surface area (Å²) in [4.78, 5) is 28.5. The van der Waals surface area contributed by atoms with Crippen LogP contribution in [0.15, 0.2) is 53.5 Å². The molecule has 0 fully saturated rings. The highest BCUT2D eigenvalue weighted by molar-refractivity contribution is 5.81. The third kappa shape index (κ3) is 6.50. The molecule has 182 valence electrons. The summed E-state index contributed by atoms with van der Waals surface area (Å²) in [6.07, 6.45) is 0.938. The number of carboxylic acid groups (broad SMARTS) is 1. The topological polar surface area (TPSA) is 112 Å². The smallest absolute Gasteiger partial charge is 0.407 e. The summed E-state index contributed by atoms with van der Waals surface area (Å²) in [6, 6.07) is 15.2. The lowest BCUT2D eigenvalue weighted by atomic mass is 9.98. The number of amides is 1. The fourth-order valence-corrected chi connectivity index (χ4v) is 4.20. The van der Waals surface area contributed by atoms with E-state index in [1.807, 2.05) is 50.2 Å². The molecule has 0 saturated heterocycles. The number of carbonyl (C=O) groups is 2. The molecule has 2 aromatic rings. The number of nitrogens with zero attached hydrogens (tertiary/aromatic N) is 1. The van der Waals surface area contributed by atoms with Crippen LogP contribution in [-0.2, 0) is 9.53 Å². The van der Waals surface area contributed by atoms with E-state index in [9.17, 15) is 14.7 Å². The molecule has 1 aliphatic rings. The molecule has 0 heterocycles. The van der Waals surface area contributed by atoms with Crippen molar-refractivity contribution in [1.82, 2.24) is 16.0 Å². The zero-order valence-corrected chi connectivity index (χ0v) is 19.8. The number of unbranched alkanes of at least 4 members (excludes halogenated alkanes) is 1. The Hall–Kier alpha value is -3.55. The van der Waals surface area contributed by atoms with Crippen molar-refractivity contribution in [2.24, 2.45) is 4.99 Å². The second kappa shape index (κ2) is 12.6. The van der Waals surface area contributed by atoms with Gasteiger partial charge in [0.1, 0.15) is 12.6 Å². The average molecular weight is 467 g/mol. The lowest BCUT2D eigenvalue weighted by Crippen LogP contribution is -2.41. The van der Waals surface area contributed by atoms with Crippen LogP contribution in [0.2, 0.25) is 0 Å². The van der Waals surface area contributed by atoms with Crippen molar-refractivity contribution in [3.63, 3.8) is 0 Å². The lowest BCUT2D eigenvalue weighted by Gasteiger charge is -2.17. The first-order valence-electron chi connectivity index (χ1n) is 11.9. The summed E-state index contributed by atoms with van der Waals surface area (Å²) in [5, 5.41) is 18.3. The zero-order chi connectivity index (χ0) is 24.3. The lowest BCUT2D eigenvalue weighted by molar-refractivity contribution is -0.139. The Bertz CT molecular complexity index is 954. The Kier molecular flexibility index (Phi) is 9.31. The standard InChI is InChI=1S/C26H34N4O4/c1-3-27-25(28-4-2)29-16-10-9-15-23(24(31)32)30-26(33)34-17-22-20-13-7-5-11-18(20)19-12-6-8-14-21(19)22/h5-8,11-14,22-23H,3-4,9-10,15-17H2,1-2H3,(H,30,33)(H,31,32)(H2,27,28,29). The van der Waals surface area contributed by atoms with E-state index in [1.165, 1.54) is 0 Å². The number of aliphatic imine (C=N–C) groups is 1. The predicted octanol–water partition coefficient (Wildman–Crippen LogP) is 3.72.